The van der Waals surface area contributed by atoms with Crippen LogP contribution in [0.15, 0.2) is 35.4 Å². The zero-order chi connectivity index (χ0) is 21.7. The lowest BCUT2D eigenvalue weighted by molar-refractivity contribution is 0.114. The van der Waals surface area contributed by atoms with Crippen molar-refractivity contribution in [3.8, 4) is 6.07 Å². The van der Waals surface area contributed by atoms with Gasteiger partial charge >= 0.3 is 0 Å². The van der Waals surface area contributed by atoms with Gasteiger partial charge in [-0.15, -0.1) is 0 Å². The number of ether oxygens (including phenoxy) is 1. The SMILES string of the molecule is N#Cc1cnc(Nc2ccc(S(=O)(=O)NCC3CCCO3)cc2)nc1N1CCCCC1. The number of nitrogens with one attached hydrogen (secondary N) is 2. The number of sulfonamides is 1. The molecule has 2 aliphatic heterocycles. The molecule has 2 aliphatic rings. The fourth-order valence-corrected chi connectivity index (χ4v) is 4.86. The summed E-state index contributed by atoms with van der Waals surface area (Å²) in [6.45, 7) is 2.71. The summed E-state index contributed by atoms with van der Waals surface area (Å²) in [5.41, 5.74) is 1.11. The summed E-state index contributed by atoms with van der Waals surface area (Å²) in [4.78, 5) is 11.1. The van der Waals surface area contributed by atoms with Gasteiger partial charge in [0.2, 0.25) is 16.0 Å². The van der Waals surface area contributed by atoms with Crippen molar-refractivity contribution in [1.29, 1.82) is 5.26 Å². The van der Waals surface area contributed by atoms with Crippen LogP contribution < -0.4 is 14.9 Å². The third kappa shape index (κ3) is 5.31. The molecule has 4 rings (SSSR count). The minimum Gasteiger partial charge on any atom is -0.377 e. The number of nitriles is 1. The molecular weight excluding hydrogens is 416 g/mol. The van der Waals surface area contributed by atoms with Gasteiger partial charge in [0.05, 0.1) is 17.2 Å². The quantitative estimate of drug-likeness (QED) is 0.671. The van der Waals surface area contributed by atoms with Crippen molar-refractivity contribution in [3.05, 3.63) is 36.0 Å². The van der Waals surface area contributed by atoms with E-state index in [9.17, 15) is 13.7 Å². The van der Waals surface area contributed by atoms with Gasteiger partial charge in [0.1, 0.15) is 11.6 Å². The average Bonchev–Trinajstić information content (AvgIpc) is 3.33. The number of rotatable bonds is 7. The van der Waals surface area contributed by atoms with Gasteiger partial charge < -0.3 is 15.0 Å². The molecule has 2 N–H and O–H groups in total. The van der Waals surface area contributed by atoms with Crippen molar-refractivity contribution >= 4 is 27.5 Å². The molecule has 0 spiro atoms. The van der Waals surface area contributed by atoms with E-state index in [1.165, 1.54) is 24.8 Å². The molecule has 1 aromatic carbocycles. The fourth-order valence-electron chi connectivity index (χ4n) is 3.80. The van der Waals surface area contributed by atoms with E-state index in [-0.39, 0.29) is 17.5 Å². The molecule has 1 unspecified atom stereocenters. The largest absolute Gasteiger partial charge is 0.377 e. The van der Waals surface area contributed by atoms with Gasteiger partial charge in [0, 0.05) is 31.9 Å². The molecule has 9 nitrogen and oxygen atoms in total. The van der Waals surface area contributed by atoms with Crippen LogP contribution in [0.25, 0.3) is 0 Å². The smallest absolute Gasteiger partial charge is 0.240 e. The number of aromatic nitrogens is 2. The first kappa shape index (κ1) is 21.5. The number of benzene rings is 1. The van der Waals surface area contributed by atoms with Crippen molar-refractivity contribution in [2.75, 3.05) is 36.5 Å². The molecule has 0 radical (unpaired) electrons. The summed E-state index contributed by atoms with van der Waals surface area (Å²) in [6, 6.07) is 8.58. The van der Waals surface area contributed by atoms with E-state index in [1.54, 1.807) is 12.1 Å². The zero-order valence-electron chi connectivity index (χ0n) is 17.2. The maximum atomic E-state index is 12.5. The third-order valence-electron chi connectivity index (χ3n) is 5.49. The minimum atomic E-state index is -3.60. The summed E-state index contributed by atoms with van der Waals surface area (Å²) in [5.74, 6) is 1.00. The van der Waals surface area contributed by atoms with Gasteiger partial charge in [-0.1, -0.05) is 0 Å². The summed E-state index contributed by atoms with van der Waals surface area (Å²) in [5, 5.41) is 12.5. The second kappa shape index (κ2) is 9.60. The number of hydrogen-bond donors (Lipinski definition) is 2. The monoisotopic (exact) mass is 442 g/mol. The van der Waals surface area contributed by atoms with Crippen molar-refractivity contribution in [3.63, 3.8) is 0 Å². The number of piperidine rings is 1. The Morgan fingerprint density at radius 1 is 1.16 bits per heavy atom. The van der Waals surface area contributed by atoms with Crippen LogP contribution in [0.3, 0.4) is 0 Å². The van der Waals surface area contributed by atoms with Gasteiger partial charge in [-0.25, -0.2) is 18.1 Å². The maximum absolute atomic E-state index is 12.5. The highest BCUT2D eigenvalue weighted by atomic mass is 32.2. The van der Waals surface area contributed by atoms with Crippen LogP contribution in [0.4, 0.5) is 17.5 Å². The molecule has 1 aromatic heterocycles. The Morgan fingerprint density at radius 2 is 1.94 bits per heavy atom. The highest BCUT2D eigenvalue weighted by Gasteiger charge is 2.21. The first-order chi connectivity index (χ1) is 15.0. The molecule has 2 aromatic rings. The highest BCUT2D eigenvalue weighted by molar-refractivity contribution is 7.89. The molecule has 0 bridgehead atoms. The van der Waals surface area contributed by atoms with E-state index in [0.717, 1.165) is 38.8 Å². The molecule has 164 valence electrons. The summed E-state index contributed by atoms with van der Waals surface area (Å²) < 4.78 is 33.1. The normalized spacial score (nSPS) is 19.2. The molecular formula is C21H26N6O3S. The van der Waals surface area contributed by atoms with Gasteiger partial charge in [-0.2, -0.15) is 10.2 Å². The first-order valence-electron chi connectivity index (χ1n) is 10.6. The molecule has 2 saturated heterocycles. The van der Waals surface area contributed by atoms with Crippen LogP contribution in [-0.2, 0) is 14.8 Å². The second-order valence-electron chi connectivity index (χ2n) is 7.73. The molecule has 2 fully saturated rings. The van der Waals surface area contributed by atoms with E-state index in [0.29, 0.717) is 29.6 Å². The molecule has 10 heteroatoms. The van der Waals surface area contributed by atoms with Crippen molar-refractivity contribution in [2.45, 2.75) is 43.1 Å². The van der Waals surface area contributed by atoms with Crippen LogP contribution in [0.2, 0.25) is 0 Å². The van der Waals surface area contributed by atoms with Gasteiger partial charge in [-0.3, -0.25) is 0 Å². The van der Waals surface area contributed by atoms with Gasteiger partial charge in [0.25, 0.3) is 0 Å². The average molecular weight is 443 g/mol. The Morgan fingerprint density at radius 3 is 2.61 bits per heavy atom. The van der Waals surface area contributed by atoms with Crippen molar-refractivity contribution in [1.82, 2.24) is 14.7 Å². The van der Waals surface area contributed by atoms with E-state index in [2.05, 4.69) is 31.0 Å². The maximum Gasteiger partial charge on any atom is 0.240 e. The molecule has 1 atom stereocenters. The predicted octanol–water partition coefficient (Wildman–Crippen LogP) is 2.54. The third-order valence-corrected chi connectivity index (χ3v) is 6.93. The van der Waals surface area contributed by atoms with Gasteiger partial charge in [-0.05, 0) is 56.4 Å². The molecule has 31 heavy (non-hydrogen) atoms. The van der Waals surface area contributed by atoms with Crippen molar-refractivity contribution in [2.24, 2.45) is 0 Å². The molecule has 0 saturated carbocycles. The number of anilines is 3. The Hall–Kier alpha value is -2.74. The van der Waals surface area contributed by atoms with Crippen LogP contribution in [0.1, 0.15) is 37.7 Å². The Balaban J connectivity index is 1.44. The lowest BCUT2D eigenvalue weighted by Crippen LogP contribution is -2.31. The zero-order valence-corrected chi connectivity index (χ0v) is 18.1. The highest BCUT2D eigenvalue weighted by Crippen LogP contribution is 2.24. The first-order valence-corrected chi connectivity index (χ1v) is 12.0. The van der Waals surface area contributed by atoms with Crippen LogP contribution in [0, 0.1) is 11.3 Å². The standard InChI is InChI=1S/C21H26N6O3S/c22-13-16-14-23-21(26-20(16)27-10-2-1-3-11-27)25-17-6-8-19(9-7-17)31(28,29)24-15-18-5-4-12-30-18/h6-9,14,18,24H,1-5,10-12,15H2,(H,23,25,26). The van der Waals surface area contributed by atoms with E-state index >= 15 is 0 Å². The Bertz CT molecular complexity index is 1040. The molecule has 3 heterocycles. The predicted molar refractivity (Wildman–Crippen MR) is 117 cm³/mol. The Labute approximate surface area is 182 Å². The van der Waals surface area contributed by atoms with Crippen LogP contribution >= 0.6 is 0 Å². The lowest BCUT2D eigenvalue weighted by atomic mass is 10.1. The van der Waals surface area contributed by atoms with Crippen LogP contribution in [-0.4, -0.2) is 50.7 Å². The summed E-state index contributed by atoms with van der Waals surface area (Å²) in [7, 11) is -3.60. The second-order valence-corrected chi connectivity index (χ2v) is 9.49. The van der Waals surface area contributed by atoms with Crippen molar-refractivity contribution < 1.29 is 13.2 Å². The topological polar surface area (TPSA) is 120 Å². The lowest BCUT2D eigenvalue weighted by Gasteiger charge is -2.28. The van der Waals surface area contributed by atoms with E-state index in [1.807, 2.05) is 0 Å². The summed E-state index contributed by atoms with van der Waals surface area (Å²) >= 11 is 0. The van der Waals surface area contributed by atoms with Crippen LogP contribution in [0.5, 0.6) is 0 Å². The molecule has 0 aliphatic carbocycles. The number of hydrogen-bond acceptors (Lipinski definition) is 8. The number of nitrogens with zero attached hydrogens (tertiary/aromatic N) is 4. The fraction of sp³-hybridized carbons (Fsp3) is 0.476. The minimum absolute atomic E-state index is 0.0571. The van der Waals surface area contributed by atoms with Gasteiger partial charge in [0.15, 0.2) is 5.82 Å². The molecule has 0 amide bonds. The summed E-state index contributed by atoms with van der Waals surface area (Å²) in [6.07, 6.45) is 6.64. The Kier molecular flexibility index (Phi) is 6.65. The van der Waals surface area contributed by atoms with E-state index in [4.69, 9.17) is 4.74 Å². The van der Waals surface area contributed by atoms with E-state index < -0.39 is 10.0 Å².